The van der Waals surface area contributed by atoms with E-state index in [0.717, 1.165) is 28.4 Å². The summed E-state index contributed by atoms with van der Waals surface area (Å²) in [5, 5.41) is 0.854. The first-order chi connectivity index (χ1) is 12.5. The molecule has 1 fully saturated rings. The maximum absolute atomic E-state index is 12.5. The van der Waals surface area contributed by atoms with Crippen molar-refractivity contribution < 1.29 is 13.2 Å². The molecule has 3 aromatic rings. The van der Waals surface area contributed by atoms with Crippen LogP contribution in [0.3, 0.4) is 0 Å². The molecule has 1 aromatic carbocycles. The first-order valence-corrected chi connectivity index (χ1v) is 10.6. The van der Waals surface area contributed by atoms with Gasteiger partial charge in [0.15, 0.2) is 5.13 Å². The number of benzene rings is 1. The molecule has 0 saturated carbocycles. The first-order valence-electron chi connectivity index (χ1n) is 7.89. The van der Waals surface area contributed by atoms with E-state index in [4.69, 9.17) is 16.3 Å². The highest BCUT2D eigenvalue weighted by Gasteiger charge is 2.20. The molecule has 0 aliphatic carbocycles. The van der Waals surface area contributed by atoms with Crippen molar-refractivity contribution >= 4 is 54.0 Å². The Morgan fingerprint density at radius 2 is 2.04 bits per heavy atom. The van der Waals surface area contributed by atoms with Gasteiger partial charge in [0.05, 0.1) is 29.1 Å². The molecule has 7 nitrogen and oxygen atoms in total. The highest BCUT2D eigenvalue weighted by atomic mass is 35.5. The van der Waals surface area contributed by atoms with Gasteiger partial charge < -0.3 is 9.64 Å². The molecule has 2 aromatic heterocycles. The molecule has 10 heteroatoms. The second kappa shape index (κ2) is 6.99. The summed E-state index contributed by atoms with van der Waals surface area (Å²) in [7, 11) is -3.81. The molecule has 4 rings (SSSR count). The van der Waals surface area contributed by atoms with E-state index in [1.807, 2.05) is 0 Å². The number of pyridine rings is 1. The monoisotopic (exact) mass is 410 g/mol. The van der Waals surface area contributed by atoms with Gasteiger partial charge in [0.1, 0.15) is 10.0 Å². The lowest BCUT2D eigenvalue weighted by atomic mass is 10.3. The number of rotatable bonds is 4. The summed E-state index contributed by atoms with van der Waals surface area (Å²) in [4.78, 5) is 10.6. The molecule has 0 bridgehead atoms. The van der Waals surface area contributed by atoms with Crippen molar-refractivity contribution in [2.75, 3.05) is 35.9 Å². The van der Waals surface area contributed by atoms with Crippen molar-refractivity contribution in [2.24, 2.45) is 0 Å². The number of hydrogen-bond donors (Lipinski definition) is 1. The SMILES string of the molecule is O=S(=O)(Nc1ccc2nc(N3CCOCC3)sc2c1)c1cccnc1Cl. The summed E-state index contributed by atoms with van der Waals surface area (Å²) in [6.07, 6.45) is 1.44. The Hall–Kier alpha value is -1.94. The second-order valence-electron chi connectivity index (χ2n) is 5.68. The van der Waals surface area contributed by atoms with Crippen molar-refractivity contribution in [3.05, 3.63) is 41.7 Å². The van der Waals surface area contributed by atoms with Gasteiger partial charge in [-0.1, -0.05) is 22.9 Å². The maximum Gasteiger partial charge on any atom is 0.264 e. The number of morpholine rings is 1. The van der Waals surface area contributed by atoms with Crippen LogP contribution in [-0.4, -0.2) is 44.7 Å². The van der Waals surface area contributed by atoms with E-state index >= 15 is 0 Å². The molecule has 1 aliphatic rings. The standard InChI is InChI=1S/C16H15ClN4O3S2/c17-15-14(2-1-5-18-15)26(22,23)20-11-3-4-12-13(10-11)25-16(19-12)21-6-8-24-9-7-21/h1-5,10,20H,6-9H2. The van der Waals surface area contributed by atoms with E-state index in [1.165, 1.54) is 29.7 Å². The van der Waals surface area contributed by atoms with Gasteiger partial charge in [-0.05, 0) is 30.3 Å². The van der Waals surface area contributed by atoms with Crippen LogP contribution in [0.25, 0.3) is 10.2 Å². The number of ether oxygens (including phenoxy) is 1. The van der Waals surface area contributed by atoms with E-state index in [9.17, 15) is 8.42 Å². The van der Waals surface area contributed by atoms with Crippen LogP contribution in [0.15, 0.2) is 41.4 Å². The molecule has 0 spiro atoms. The minimum Gasteiger partial charge on any atom is -0.378 e. The van der Waals surface area contributed by atoms with E-state index in [1.54, 1.807) is 18.2 Å². The molecule has 1 saturated heterocycles. The lowest BCUT2D eigenvalue weighted by Gasteiger charge is -2.25. The minimum absolute atomic E-state index is 0.0555. The van der Waals surface area contributed by atoms with E-state index in [0.29, 0.717) is 18.9 Å². The third-order valence-corrected chi connectivity index (χ3v) is 6.83. The Bertz CT molecular complexity index is 1050. The highest BCUT2D eigenvalue weighted by molar-refractivity contribution is 7.92. The topological polar surface area (TPSA) is 84.4 Å². The van der Waals surface area contributed by atoms with Crippen LogP contribution >= 0.6 is 22.9 Å². The van der Waals surface area contributed by atoms with Crippen molar-refractivity contribution in [3.8, 4) is 0 Å². The molecule has 0 radical (unpaired) electrons. The van der Waals surface area contributed by atoms with E-state index in [2.05, 4.69) is 19.6 Å². The van der Waals surface area contributed by atoms with Crippen molar-refractivity contribution in [1.29, 1.82) is 0 Å². The number of sulfonamides is 1. The number of anilines is 2. The van der Waals surface area contributed by atoms with Gasteiger partial charge in [0, 0.05) is 19.3 Å². The van der Waals surface area contributed by atoms with Crippen LogP contribution < -0.4 is 9.62 Å². The Morgan fingerprint density at radius 3 is 2.81 bits per heavy atom. The molecule has 1 N–H and O–H groups in total. The van der Waals surface area contributed by atoms with Gasteiger partial charge >= 0.3 is 0 Å². The fraction of sp³-hybridized carbons (Fsp3) is 0.250. The maximum atomic E-state index is 12.5. The molecular formula is C16H15ClN4O3S2. The summed E-state index contributed by atoms with van der Waals surface area (Å²) >= 11 is 7.43. The molecule has 0 atom stereocenters. The van der Waals surface area contributed by atoms with Crippen LogP contribution in [0, 0.1) is 0 Å². The molecule has 136 valence electrons. The van der Waals surface area contributed by atoms with Crippen LogP contribution in [0.4, 0.5) is 10.8 Å². The fourth-order valence-corrected chi connectivity index (χ4v) is 5.21. The molecule has 0 unspecified atom stereocenters. The lowest BCUT2D eigenvalue weighted by Crippen LogP contribution is -2.36. The zero-order valence-electron chi connectivity index (χ0n) is 13.6. The van der Waals surface area contributed by atoms with E-state index < -0.39 is 10.0 Å². The van der Waals surface area contributed by atoms with Crippen LogP contribution in [0.2, 0.25) is 5.15 Å². The average molecular weight is 411 g/mol. The summed E-state index contributed by atoms with van der Waals surface area (Å²) in [5.41, 5.74) is 1.29. The summed E-state index contributed by atoms with van der Waals surface area (Å²) in [6.45, 7) is 2.98. The summed E-state index contributed by atoms with van der Waals surface area (Å²) in [6, 6.07) is 8.21. The zero-order valence-corrected chi connectivity index (χ0v) is 15.9. The summed E-state index contributed by atoms with van der Waals surface area (Å²) in [5.74, 6) is 0. The molecule has 26 heavy (non-hydrogen) atoms. The van der Waals surface area contributed by atoms with Crippen molar-refractivity contribution in [1.82, 2.24) is 9.97 Å². The predicted molar refractivity (Wildman–Crippen MR) is 103 cm³/mol. The lowest BCUT2D eigenvalue weighted by molar-refractivity contribution is 0.122. The van der Waals surface area contributed by atoms with Gasteiger partial charge in [0.2, 0.25) is 0 Å². The summed E-state index contributed by atoms with van der Waals surface area (Å²) < 4.78 is 33.9. The number of aromatic nitrogens is 2. The highest BCUT2D eigenvalue weighted by Crippen LogP contribution is 2.32. The number of hydrogen-bond acceptors (Lipinski definition) is 7. The quantitative estimate of drug-likeness (QED) is 0.665. The number of thiazole rings is 1. The van der Waals surface area contributed by atoms with Gasteiger partial charge in [-0.2, -0.15) is 0 Å². The Kier molecular flexibility index (Phi) is 4.70. The number of fused-ring (bicyclic) bond motifs is 1. The fourth-order valence-electron chi connectivity index (χ4n) is 2.65. The Balaban J connectivity index is 1.62. The van der Waals surface area contributed by atoms with Crippen molar-refractivity contribution in [2.45, 2.75) is 4.90 Å². The zero-order chi connectivity index (χ0) is 18.1. The predicted octanol–water partition coefficient (Wildman–Crippen LogP) is 2.98. The average Bonchev–Trinajstić information content (AvgIpc) is 3.06. The van der Waals surface area contributed by atoms with Crippen LogP contribution in [-0.2, 0) is 14.8 Å². The second-order valence-corrected chi connectivity index (χ2v) is 8.69. The normalized spacial score (nSPS) is 15.3. The molecule has 3 heterocycles. The smallest absolute Gasteiger partial charge is 0.264 e. The molecule has 1 aliphatic heterocycles. The first kappa shape index (κ1) is 17.5. The number of halogens is 1. The van der Waals surface area contributed by atoms with Gasteiger partial charge in [0.25, 0.3) is 10.0 Å². The number of nitrogens with one attached hydrogen (secondary N) is 1. The third kappa shape index (κ3) is 3.48. The van der Waals surface area contributed by atoms with Crippen molar-refractivity contribution in [3.63, 3.8) is 0 Å². The van der Waals surface area contributed by atoms with Gasteiger partial charge in [-0.25, -0.2) is 18.4 Å². The minimum atomic E-state index is -3.81. The molecular weight excluding hydrogens is 396 g/mol. The Morgan fingerprint density at radius 1 is 1.23 bits per heavy atom. The Labute approximate surface area is 159 Å². The largest absolute Gasteiger partial charge is 0.378 e. The van der Waals surface area contributed by atoms with Gasteiger partial charge in [-0.15, -0.1) is 0 Å². The van der Waals surface area contributed by atoms with Gasteiger partial charge in [-0.3, -0.25) is 4.72 Å². The van der Waals surface area contributed by atoms with Crippen LogP contribution in [0.5, 0.6) is 0 Å². The number of nitrogens with zero attached hydrogens (tertiary/aromatic N) is 3. The third-order valence-electron chi connectivity index (χ3n) is 3.93. The van der Waals surface area contributed by atoms with E-state index in [-0.39, 0.29) is 10.0 Å². The molecule has 0 amide bonds. The van der Waals surface area contributed by atoms with Crippen LogP contribution in [0.1, 0.15) is 0 Å².